The molecule has 0 aliphatic heterocycles. The van der Waals surface area contributed by atoms with Crippen molar-refractivity contribution < 1.29 is 4.79 Å². The molecule has 0 heterocycles. The highest BCUT2D eigenvalue weighted by Gasteiger charge is 2.04. The van der Waals surface area contributed by atoms with Gasteiger partial charge in [0.15, 0.2) is 6.29 Å². The van der Waals surface area contributed by atoms with Crippen molar-refractivity contribution in [1.82, 2.24) is 0 Å². The summed E-state index contributed by atoms with van der Waals surface area (Å²) in [5.41, 5.74) is 5.86. The van der Waals surface area contributed by atoms with E-state index >= 15 is 0 Å². The Morgan fingerprint density at radius 3 is 2.58 bits per heavy atom. The number of aryl methyl sites for hydroxylation is 1. The number of hydrogen-bond acceptors (Lipinski definition) is 3. The summed E-state index contributed by atoms with van der Waals surface area (Å²) in [4.78, 5) is 10.7. The average molecular weight is 164 g/mol. The van der Waals surface area contributed by atoms with E-state index in [2.05, 4.69) is 5.43 Å². The van der Waals surface area contributed by atoms with Gasteiger partial charge in [-0.3, -0.25) is 10.6 Å². The standard InChI is InChI=1S/C9H12N2O/c1-6-3-4-9(11-10)8(5-12)7(6)2/h3-5,11H,10H2,1-2H3. The van der Waals surface area contributed by atoms with E-state index in [1.165, 1.54) is 0 Å². The van der Waals surface area contributed by atoms with Gasteiger partial charge in [0, 0.05) is 5.56 Å². The van der Waals surface area contributed by atoms with Crippen LogP contribution in [0.5, 0.6) is 0 Å². The van der Waals surface area contributed by atoms with Gasteiger partial charge in [-0.05, 0) is 31.0 Å². The van der Waals surface area contributed by atoms with E-state index in [0.29, 0.717) is 11.3 Å². The number of carbonyl (C=O) groups excluding carboxylic acids is 1. The maximum absolute atomic E-state index is 10.7. The Hall–Kier alpha value is -1.35. The number of benzene rings is 1. The minimum atomic E-state index is 0.637. The molecule has 0 saturated heterocycles. The third-order valence-electron chi connectivity index (χ3n) is 2.06. The monoisotopic (exact) mass is 164 g/mol. The van der Waals surface area contributed by atoms with Crippen LogP contribution in [-0.4, -0.2) is 6.29 Å². The summed E-state index contributed by atoms with van der Waals surface area (Å²) in [6.07, 6.45) is 0.817. The molecule has 0 unspecified atom stereocenters. The van der Waals surface area contributed by atoms with E-state index in [-0.39, 0.29) is 0 Å². The van der Waals surface area contributed by atoms with E-state index in [1.54, 1.807) is 6.07 Å². The normalized spacial score (nSPS) is 9.58. The zero-order valence-electron chi connectivity index (χ0n) is 7.22. The molecule has 0 aliphatic carbocycles. The fourth-order valence-corrected chi connectivity index (χ4v) is 1.12. The van der Waals surface area contributed by atoms with Crippen LogP contribution >= 0.6 is 0 Å². The van der Waals surface area contributed by atoms with Crippen LogP contribution in [0.4, 0.5) is 5.69 Å². The van der Waals surface area contributed by atoms with E-state index in [9.17, 15) is 4.79 Å². The molecule has 1 aromatic carbocycles. The Labute approximate surface area is 71.5 Å². The Morgan fingerprint density at radius 2 is 2.08 bits per heavy atom. The number of aldehydes is 1. The third-order valence-corrected chi connectivity index (χ3v) is 2.06. The molecular formula is C9H12N2O. The molecule has 0 amide bonds. The topological polar surface area (TPSA) is 55.1 Å². The number of nitrogens with one attached hydrogen (secondary N) is 1. The molecule has 0 atom stereocenters. The summed E-state index contributed by atoms with van der Waals surface area (Å²) in [5, 5.41) is 0. The van der Waals surface area contributed by atoms with Crippen molar-refractivity contribution in [2.24, 2.45) is 5.84 Å². The van der Waals surface area contributed by atoms with Crippen molar-refractivity contribution in [3.05, 3.63) is 28.8 Å². The quantitative estimate of drug-likeness (QED) is 0.394. The summed E-state index contributed by atoms with van der Waals surface area (Å²) in [7, 11) is 0. The lowest BCUT2D eigenvalue weighted by Gasteiger charge is -2.08. The maximum Gasteiger partial charge on any atom is 0.152 e. The van der Waals surface area contributed by atoms with Crippen LogP contribution in [0.2, 0.25) is 0 Å². The van der Waals surface area contributed by atoms with Gasteiger partial charge >= 0.3 is 0 Å². The van der Waals surface area contributed by atoms with Crippen molar-refractivity contribution in [2.75, 3.05) is 5.43 Å². The van der Waals surface area contributed by atoms with Crippen molar-refractivity contribution in [3.63, 3.8) is 0 Å². The van der Waals surface area contributed by atoms with E-state index < -0.39 is 0 Å². The highest BCUT2D eigenvalue weighted by Crippen LogP contribution is 2.19. The van der Waals surface area contributed by atoms with Gasteiger partial charge < -0.3 is 5.43 Å². The number of anilines is 1. The van der Waals surface area contributed by atoms with Gasteiger partial charge in [-0.1, -0.05) is 6.07 Å². The lowest BCUT2D eigenvalue weighted by Crippen LogP contribution is -2.10. The molecule has 0 bridgehead atoms. The summed E-state index contributed by atoms with van der Waals surface area (Å²) in [6, 6.07) is 3.73. The van der Waals surface area contributed by atoms with Crippen molar-refractivity contribution in [2.45, 2.75) is 13.8 Å². The Bertz CT molecular complexity index is 308. The van der Waals surface area contributed by atoms with Gasteiger partial charge in [0.05, 0.1) is 5.69 Å². The fourth-order valence-electron chi connectivity index (χ4n) is 1.12. The molecule has 1 rings (SSSR count). The smallest absolute Gasteiger partial charge is 0.152 e. The first-order valence-corrected chi connectivity index (χ1v) is 3.72. The first kappa shape index (κ1) is 8.74. The summed E-state index contributed by atoms with van der Waals surface area (Å²) in [6.45, 7) is 3.86. The summed E-state index contributed by atoms with van der Waals surface area (Å²) in [5.74, 6) is 5.24. The molecule has 64 valence electrons. The molecular weight excluding hydrogens is 152 g/mol. The highest BCUT2D eigenvalue weighted by molar-refractivity contribution is 5.86. The summed E-state index contributed by atoms with van der Waals surface area (Å²) < 4.78 is 0. The van der Waals surface area contributed by atoms with Crippen molar-refractivity contribution >= 4 is 12.0 Å². The first-order chi connectivity index (χ1) is 5.70. The predicted octanol–water partition coefficient (Wildman–Crippen LogP) is 1.40. The molecule has 0 spiro atoms. The molecule has 3 heteroatoms. The van der Waals surface area contributed by atoms with Crippen LogP contribution in [-0.2, 0) is 0 Å². The van der Waals surface area contributed by atoms with Gasteiger partial charge in [0.25, 0.3) is 0 Å². The van der Waals surface area contributed by atoms with Gasteiger partial charge in [-0.2, -0.15) is 0 Å². The average Bonchev–Trinajstić information content (AvgIpc) is 2.09. The van der Waals surface area contributed by atoms with Crippen molar-refractivity contribution in [1.29, 1.82) is 0 Å². The molecule has 0 saturated carbocycles. The van der Waals surface area contributed by atoms with Crippen LogP contribution in [0, 0.1) is 13.8 Å². The number of hydrazine groups is 1. The molecule has 0 aliphatic rings. The predicted molar refractivity (Wildman–Crippen MR) is 49.1 cm³/mol. The van der Waals surface area contributed by atoms with E-state index in [1.807, 2.05) is 19.9 Å². The lowest BCUT2D eigenvalue weighted by molar-refractivity contribution is 0.112. The number of carbonyl (C=O) groups is 1. The number of nitrogens with two attached hydrogens (primary N) is 1. The van der Waals surface area contributed by atoms with Gasteiger partial charge in [0.2, 0.25) is 0 Å². The Balaban J connectivity index is 3.35. The molecule has 0 radical (unpaired) electrons. The highest BCUT2D eigenvalue weighted by atomic mass is 16.1. The van der Waals surface area contributed by atoms with Crippen LogP contribution in [0.15, 0.2) is 12.1 Å². The maximum atomic E-state index is 10.7. The minimum absolute atomic E-state index is 0.637. The van der Waals surface area contributed by atoms with E-state index in [4.69, 9.17) is 5.84 Å². The SMILES string of the molecule is Cc1ccc(NN)c(C=O)c1C. The van der Waals surface area contributed by atoms with Gasteiger partial charge in [-0.15, -0.1) is 0 Å². The molecule has 3 nitrogen and oxygen atoms in total. The van der Waals surface area contributed by atoms with Gasteiger partial charge in [-0.25, -0.2) is 0 Å². The van der Waals surface area contributed by atoms with Gasteiger partial charge in [0.1, 0.15) is 0 Å². The second kappa shape index (κ2) is 3.36. The molecule has 0 aromatic heterocycles. The van der Waals surface area contributed by atoms with Crippen LogP contribution < -0.4 is 11.3 Å². The minimum Gasteiger partial charge on any atom is -0.323 e. The molecule has 0 fully saturated rings. The Kier molecular flexibility index (Phi) is 2.45. The second-order valence-corrected chi connectivity index (χ2v) is 2.73. The van der Waals surface area contributed by atoms with Crippen molar-refractivity contribution in [3.8, 4) is 0 Å². The lowest BCUT2D eigenvalue weighted by atomic mass is 10.0. The zero-order chi connectivity index (χ0) is 9.14. The molecule has 12 heavy (non-hydrogen) atoms. The van der Waals surface area contributed by atoms with Crippen LogP contribution in [0.25, 0.3) is 0 Å². The van der Waals surface area contributed by atoms with Crippen LogP contribution in [0.1, 0.15) is 21.5 Å². The zero-order valence-corrected chi connectivity index (χ0v) is 7.22. The van der Waals surface area contributed by atoms with E-state index in [0.717, 1.165) is 17.4 Å². The molecule has 3 N–H and O–H groups in total. The number of hydrogen-bond donors (Lipinski definition) is 2. The third kappa shape index (κ3) is 1.31. The number of nitrogen functional groups attached to an aromatic ring is 1. The largest absolute Gasteiger partial charge is 0.323 e. The first-order valence-electron chi connectivity index (χ1n) is 3.72. The van der Waals surface area contributed by atoms with Crippen LogP contribution in [0.3, 0.4) is 0 Å². The number of rotatable bonds is 2. The fraction of sp³-hybridized carbons (Fsp3) is 0.222. The Morgan fingerprint density at radius 1 is 1.42 bits per heavy atom. The second-order valence-electron chi connectivity index (χ2n) is 2.73. The molecule has 1 aromatic rings. The summed E-state index contributed by atoms with van der Waals surface area (Å²) >= 11 is 0.